The van der Waals surface area contributed by atoms with Crippen LogP contribution in [0.4, 0.5) is 0 Å². The van der Waals surface area contributed by atoms with Crippen molar-refractivity contribution in [3.8, 4) is 0 Å². The molecule has 1 rings (SSSR count). The van der Waals surface area contributed by atoms with Gasteiger partial charge in [-0.3, -0.25) is 0 Å². The molecule has 0 aliphatic carbocycles. The summed E-state index contributed by atoms with van der Waals surface area (Å²) in [6.45, 7) is 2.28. The Morgan fingerprint density at radius 3 is 1.54 bits per heavy atom. The summed E-state index contributed by atoms with van der Waals surface area (Å²) in [4.78, 5) is 0. The molecule has 1 unspecified atom stereocenters. The summed E-state index contributed by atoms with van der Waals surface area (Å²) in [6, 6.07) is 10.2. The second kappa shape index (κ2) is 15.5. The van der Waals surface area contributed by atoms with Crippen molar-refractivity contribution in [1.82, 2.24) is 0 Å². The van der Waals surface area contributed by atoms with Crippen LogP contribution in [0.2, 0.25) is 0 Å². The van der Waals surface area contributed by atoms with Gasteiger partial charge in [0.1, 0.15) is 0 Å². The molecule has 0 N–H and O–H groups in total. The van der Waals surface area contributed by atoms with Crippen LogP contribution in [0.5, 0.6) is 0 Å². The van der Waals surface area contributed by atoms with E-state index in [9.17, 15) is 0 Å². The first-order valence-electron chi connectivity index (χ1n) is 11.0. The zero-order valence-corrected chi connectivity index (χ0v) is 18.0. The number of unbranched alkanes of at least 4 members (excludes halogenated alkanes) is 13. The topological polar surface area (TPSA) is 9.23 Å². The number of halogens is 1. The van der Waals surface area contributed by atoms with Crippen LogP contribution in [0, 0.1) is 0 Å². The average Bonchev–Trinajstić information content (AvgIpc) is 2.68. The van der Waals surface area contributed by atoms with Crippen LogP contribution in [0.3, 0.4) is 0 Å². The first-order valence-corrected chi connectivity index (χ1v) is 11.4. The van der Waals surface area contributed by atoms with Gasteiger partial charge in [0.2, 0.25) is 0 Å². The molecular formula is C24H41ClO. The second-order valence-corrected chi connectivity index (χ2v) is 8.26. The molecule has 0 aliphatic rings. The van der Waals surface area contributed by atoms with E-state index in [0.29, 0.717) is 0 Å². The van der Waals surface area contributed by atoms with Crippen molar-refractivity contribution in [2.75, 3.05) is 7.11 Å². The Morgan fingerprint density at radius 1 is 0.692 bits per heavy atom. The number of hydrogen-bond donors (Lipinski definition) is 0. The molecule has 0 saturated carbocycles. The van der Waals surface area contributed by atoms with Gasteiger partial charge in [-0.15, -0.1) is 0 Å². The molecule has 0 fully saturated rings. The van der Waals surface area contributed by atoms with E-state index in [0.717, 1.165) is 18.4 Å². The van der Waals surface area contributed by atoms with E-state index in [2.05, 4.69) is 19.1 Å². The largest absolute Gasteiger partial charge is 0.359 e. The van der Waals surface area contributed by atoms with Crippen LogP contribution in [-0.4, -0.2) is 7.11 Å². The van der Waals surface area contributed by atoms with E-state index in [-0.39, 0.29) is 0 Å². The van der Waals surface area contributed by atoms with Gasteiger partial charge in [-0.2, -0.15) is 0 Å². The van der Waals surface area contributed by atoms with Gasteiger partial charge in [0.05, 0.1) is 0 Å². The van der Waals surface area contributed by atoms with Gasteiger partial charge in [-0.05, 0) is 18.4 Å². The first kappa shape index (κ1) is 23.5. The van der Waals surface area contributed by atoms with Gasteiger partial charge in [0, 0.05) is 7.11 Å². The molecule has 0 amide bonds. The van der Waals surface area contributed by atoms with E-state index in [1.54, 1.807) is 7.11 Å². The van der Waals surface area contributed by atoms with Crippen LogP contribution < -0.4 is 0 Å². The monoisotopic (exact) mass is 380 g/mol. The minimum absolute atomic E-state index is 0.654. The molecule has 0 aromatic heterocycles. The van der Waals surface area contributed by atoms with Crippen LogP contribution >= 0.6 is 11.6 Å². The van der Waals surface area contributed by atoms with Gasteiger partial charge < -0.3 is 4.74 Å². The molecule has 0 heterocycles. The Morgan fingerprint density at radius 2 is 1.12 bits per heavy atom. The lowest BCUT2D eigenvalue weighted by atomic mass is 10.0. The maximum Gasteiger partial charge on any atom is 0.166 e. The van der Waals surface area contributed by atoms with Crippen molar-refractivity contribution in [2.45, 2.75) is 108 Å². The van der Waals surface area contributed by atoms with Crippen molar-refractivity contribution >= 4 is 11.6 Å². The number of rotatable bonds is 17. The fourth-order valence-electron chi connectivity index (χ4n) is 3.60. The van der Waals surface area contributed by atoms with E-state index in [4.69, 9.17) is 16.3 Å². The summed E-state index contributed by atoms with van der Waals surface area (Å²) < 4.78 is 5.60. The van der Waals surface area contributed by atoms with E-state index in [1.165, 1.54) is 83.5 Å². The molecule has 0 aliphatic heterocycles. The van der Waals surface area contributed by atoms with Crippen molar-refractivity contribution in [3.05, 3.63) is 35.9 Å². The van der Waals surface area contributed by atoms with Crippen molar-refractivity contribution < 1.29 is 4.74 Å². The third-order valence-electron chi connectivity index (χ3n) is 5.38. The molecule has 2 heteroatoms. The quantitative estimate of drug-likeness (QED) is 0.194. The van der Waals surface area contributed by atoms with Gasteiger partial charge in [0.15, 0.2) is 5.06 Å². The standard InChI is InChI=1S/C24H41ClO/c1-3-4-5-6-7-8-9-10-11-12-13-14-15-19-22-24(25,26-2)23-20-17-16-18-21-23/h16-18,20-21H,3-15,19,22H2,1-2H3. The molecule has 150 valence electrons. The van der Waals surface area contributed by atoms with Crippen LogP contribution in [-0.2, 0) is 9.80 Å². The molecule has 1 atom stereocenters. The maximum absolute atomic E-state index is 6.68. The smallest absolute Gasteiger partial charge is 0.166 e. The van der Waals surface area contributed by atoms with E-state index in [1.807, 2.05) is 18.2 Å². The molecule has 0 spiro atoms. The second-order valence-electron chi connectivity index (χ2n) is 7.64. The summed E-state index contributed by atoms with van der Waals surface area (Å²) in [5, 5.41) is -0.654. The number of alkyl halides is 1. The van der Waals surface area contributed by atoms with Crippen molar-refractivity contribution in [2.24, 2.45) is 0 Å². The molecule has 26 heavy (non-hydrogen) atoms. The highest BCUT2D eigenvalue weighted by atomic mass is 35.5. The van der Waals surface area contributed by atoms with Gasteiger partial charge in [-0.25, -0.2) is 0 Å². The lowest BCUT2D eigenvalue weighted by Crippen LogP contribution is -2.21. The van der Waals surface area contributed by atoms with E-state index >= 15 is 0 Å². The zero-order chi connectivity index (χ0) is 18.9. The number of ether oxygens (including phenoxy) is 1. The summed E-state index contributed by atoms with van der Waals surface area (Å²) in [5.74, 6) is 0. The van der Waals surface area contributed by atoms with Crippen molar-refractivity contribution in [3.63, 3.8) is 0 Å². The Balaban J connectivity index is 1.94. The third kappa shape index (κ3) is 10.6. The lowest BCUT2D eigenvalue weighted by Gasteiger charge is -2.26. The summed E-state index contributed by atoms with van der Waals surface area (Å²) in [7, 11) is 1.71. The Bertz CT molecular complexity index is 419. The van der Waals surface area contributed by atoms with Gasteiger partial charge in [-0.1, -0.05) is 132 Å². The van der Waals surface area contributed by atoms with Crippen LogP contribution in [0.25, 0.3) is 0 Å². The lowest BCUT2D eigenvalue weighted by molar-refractivity contribution is 0.0516. The highest BCUT2D eigenvalue weighted by Gasteiger charge is 2.28. The predicted octanol–water partition coefficient (Wildman–Crippen LogP) is 8.60. The third-order valence-corrected chi connectivity index (χ3v) is 5.94. The minimum atomic E-state index is -0.654. The molecule has 0 radical (unpaired) electrons. The van der Waals surface area contributed by atoms with Gasteiger partial charge >= 0.3 is 0 Å². The van der Waals surface area contributed by atoms with Crippen molar-refractivity contribution in [1.29, 1.82) is 0 Å². The first-order chi connectivity index (χ1) is 12.7. The SMILES string of the molecule is CCCCCCCCCCCCCCCCC(Cl)(OC)c1ccccc1. The molecule has 0 bridgehead atoms. The van der Waals surface area contributed by atoms with Crippen LogP contribution in [0.15, 0.2) is 30.3 Å². The number of methoxy groups -OCH3 is 1. The summed E-state index contributed by atoms with van der Waals surface area (Å²) in [5.41, 5.74) is 1.07. The molecule has 1 nitrogen and oxygen atoms in total. The number of hydrogen-bond acceptors (Lipinski definition) is 1. The molecule has 1 aromatic rings. The Labute approximate surface area is 167 Å². The summed E-state index contributed by atoms with van der Waals surface area (Å²) >= 11 is 6.68. The van der Waals surface area contributed by atoms with Crippen LogP contribution in [0.1, 0.15) is 109 Å². The average molecular weight is 381 g/mol. The minimum Gasteiger partial charge on any atom is -0.359 e. The van der Waals surface area contributed by atoms with E-state index < -0.39 is 5.06 Å². The fourth-order valence-corrected chi connectivity index (χ4v) is 3.86. The highest BCUT2D eigenvalue weighted by molar-refractivity contribution is 6.23. The highest BCUT2D eigenvalue weighted by Crippen LogP contribution is 2.35. The Kier molecular flexibility index (Phi) is 14.0. The molecular weight excluding hydrogens is 340 g/mol. The van der Waals surface area contributed by atoms with Gasteiger partial charge in [0.25, 0.3) is 0 Å². The number of benzene rings is 1. The summed E-state index contributed by atoms with van der Waals surface area (Å²) in [6.07, 6.45) is 20.2. The fraction of sp³-hybridized carbons (Fsp3) is 0.750. The molecule has 1 aromatic carbocycles. The maximum atomic E-state index is 6.68. The molecule has 0 saturated heterocycles. The predicted molar refractivity (Wildman–Crippen MR) is 116 cm³/mol. The normalized spacial score (nSPS) is 13.7. The zero-order valence-electron chi connectivity index (χ0n) is 17.3. The Hall–Kier alpha value is -0.530.